The van der Waals surface area contributed by atoms with Crippen molar-refractivity contribution in [2.45, 2.75) is 20.8 Å². The van der Waals surface area contributed by atoms with E-state index >= 15 is 0 Å². The number of carbonyl (C=O) groups excluding carboxylic acids is 1. The Morgan fingerprint density at radius 3 is 2.31 bits per heavy atom. The number of benzene rings is 1. The summed E-state index contributed by atoms with van der Waals surface area (Å²) in [5.41, 5.74) is 2.18. The second kappa shape index (κ2) is 5.45. The topological polar surface area (TPSA) is 26.3 Å². The first-order chi connectivity index (χ1) is 7.56. The van der Waals surface area contributed by atoms with Crippen molar-refractivity contribution in [1.82, 2.24) is 0 Å². The Balaban J connectivity index is 2.99. The molecule has 16 heavy (non-hydrogen) atoms. The van der Waals surface area contributed by atoms with E-state index in [1.165, 1.54) is 12.1 Å². The highest BCUT2D eigenvalue weighted by Crippen LogP contribution is 2.19. The van der Waals surface area contributed by atoms with Crippen molar-refractivity contribution in [2.75, 3.05) is 6.61 Å². The number of halogens is 1. The highest BCUT2D eigenvalue weighted by atomic mass is 19.1. The van der Waals surface area contributed by atoms with Crippen LogP contribution in [0.15, 0.2) is 29.8 Å². The number of hydrogen-bond donors (Lipinski definition) is 0. The van der Waals surface area contributed by atoms with Gasteiger partial charge in [0.15, 0.2) is 0 Å². The molecule has 86 valence electrons. The largest absolute Gasteiger partial charge is 0.463 e. The van der Waals surface area contributed by atoms with Gasteiger partial charge in [0.1, 0.15) is 5.82 Å². The SMILES string of the molecule is CCOC(=O)/C(C)=C(\C)c1ccc(F)cc1. The molecule has 0 N–H and O–H groups in total. The quantitative estimate of drug-likeness (QED) is 0.580. The molecule has 0 aliphatic heterocycles. The van der Waals surface area contributed by atoms with Crippen LogP contribution in [0.5, 0.6) is 0 Å². The van der Waals surface area contributed by atoms with E-state index in [-0.39, 0.29) is 11.8 Å². The molecule has 0 aromatic heterocycles. The maximum atomic E-state index is 12.7. The van der Waals surface area contributed by atoms with Crippen LogP contribution in [0.3, 0.4) is 0 Å². The van der Waals surface area contributed by atoms with Crippen molar-refractivity contribution >= 4 is 11.5 Å². The van der Waals surface area contributed by atoms with E-state index in [1.807, 2.05) is 6.92 Å². The second-order valence-electron chi connectivity index (χ2n) is 3.48. The van der Waals surface area contributed by atoms with Crippen LogP contribution >= 0.6 is 0 Å². The molecular formula is C13H15FO2. The lowest BCUT2D eigenvalue weighted by Crippen LogP contribution is -2.06. The van der Waals surface area contributed by atoms with Crippen LogP contribution in [0.2, 0.25) is 0 Å². The molecule has 1 rings (SSSR count). The smallest absolute Gasteiger partial charge is 0.333 e. The molecule has 1 aromatic rings. The van der Waals surface area contributed by atoms with Crippen LogP contribution in [-0.4, -0.2) is 12.6 Å². The van der Waals surface area contributed by atoms with Crippen LogP contribution < -0.4 is 0 Å². The highest BCUT2D eigenvalue weighted by Gasteiger charge is 2.09. The van der Waals surface area contributed by atoms with Crippen molar-refractivity contribution in [2.24, 2.45) is 0 Å². The summed E-state index contributed by atoms with van der Waals surface area (Å²) in [4.78, 5) is 11.5. The molecule has 3 heteroatoms. The Morgan fingerprint density at radius 2 is 1.81 bits per heavy atom. The number of rotatable bonds is 3. The van der Waals surface area contributed by atoms with Crippen molar-refractivity contribution < 1.29 is 13.9 Å². The minimum absolute atomic E-state index is 0.287. The van der Waals surface area contributed by atoms with Gasteiger partial charge in [0.05, 0.1) is 6.61 Å². The maximum absolute atomic E-state index is 12.7. The van der Waals surface area contributed by atoms with Crippen LogP contribution in [-0.2, 0) is 9.53 Å². The third-order valence-electron chi connectivity index (χ3n) is 2.42. The van der Waals surface area contributed by atoms with E-state index in [9.17, 15) is 9.18 Å². The van der Waals surface area contributed by atoms with Crippen molar-refractivity contribution in [3.8, 4) is 0 Å². The van der Waals surface area contributed by atoms with Gasteiger partial charge in [-0.2, -0.15) is 0 Å². The van der Waals surface area contributed by atoms with E-state index in [2.05, 4.69) is 0 Å². The third kappa shape index (κ3) is 2.92. The highest BCUT2D eigenvalue weighted by molar-refractivity contribution is 5.96. The van der Waals surface area contributed by atoms with Gasteiger partial charge in [-0.25, -0.2) is 9.18 Å². The van der Waals surface area contributed by atoms with Crippen LogP contribution in [0.4, 0.5) is 4.39 Å². The zero-order chi connectivity index (χ0) is 12.1. The number of ether oxygens (including phenoxy) is 1. The molecule has 0 saturated carbocycles. The minimum atomic E-state index is -0.329. The molecule has 0 radical (unpaired) electrons. The van der Waals surface area contributed by atoms with Gasteiger partial charge in [-0.1, -0.05) is 12.1 Å². The summed E-state index contributed by atoms with van der Waals surface area (Å²) < 4.78 is 17.6. The van der Waals surface area contributed by atoms with Crippen molar-refractivity contribution in [1.29, 1.82) is 0 Å². The van der Waals surface area contributed by atoms with E-state index in [0.717, 1.165) is 11.1 Å². The van der Waals surface area contributed by atoms with Crippen molar-refractivity contribution in [3.05, 3.63) is 41.2 Å². The van der Waals surface area contributed by atoms with Crippen molar-refractivity contribution in [3.63, 3.8) is 0 Å². The molecule has 0 aliphatic rings. The predicted molar refractivity (Wildman–Crippen MR) is 61.3 cm³/mol. The first-order valence-electron chi connectivity index (χ1n) is 5.16. The summed E-state index contributed by atoms with van der Waals surface area (Å²) in [7, 11) is 0. The number of hydrogen-bond acceptors (Lipinski definition) is 2. The maximum Gasteiger partial charge on any atom is 0.333 e. The number of esters is 1. The fraction of sp³-hybridized carbons (Fsp3) is 0.308. The summed E-state index contributed by atoms with van der Waals surface area (Å²) in [6.07, 6.45) is 0. The van der Waals surface area contributed by atoms with Gasteiger partial charge in [-0.3, -0.25) is 0 Å². The fourth-order valence-electron chi connectivity index (χ4n) is 1.31. The van der Waals surface area contributed by atoms with E-state index in [0.29, 0.717) is 12.2 Å². The first-order valence-corrected chi connectivity index (χ1v) is 5.16. The molecule has 0 bridgehead atoms. The number of allylic oxidation sites excluding steroid dienone is 1. The monoisotopic (exact) mass is 222 g/mol. The van der Waals surface area contributed by atoms with Crippen LogP contribution in [0, 0.1) is 5.82 Å². The lowest BCUT2D eigenvalue weighted by Gasteiger charge is -2.07. The lowest BCUT2D eigenvalue weighted by molar-refractivity contribution is -0.138. The molecule has 0 heterocycles. The van der Waals surface area contributed by atoms with E-state index in [1.54, 1.807) is 26.0 Å². The molecule has 2 nitrogen and oxygen atoms in total. The molecule has 0 amide bonds. The molecule has 0 atom stereocenters. The first kappa shape index (κ1) is 12.4. The van der Waals surface area contributed by atoms with Gasteiger partial charge >= 0.3 is 5.97 Å². The van der Waals surface area contributed by atoms with Crippen LogP contribution in [0.25, 0.3) is 5.57 Å². The molecule has 0 fully saturated rings. The number of carbonyl (C=O) groups is 1. The van der Waals surface area contributed by atoms with Gasteiger partial charge < -0.3 is 4.74 Å². The Hall–Kier alpha value is -1.64. The second-order valence-corrected chi connectivity index (χ2v) is 3.48. The fourth-order valence-corrected chi connectivity index (χ4v) is 1.31. The Labute approximate surface area is 94.7 Å². The Bertz CT molecular complexity index is 404. The lowest BCUT2D eigenvalue weighted by atomic mass is 10.0. The molecular weight excluding hydrogens is 207 g/mol. The van der Waals surface area contributed by atoms with Gasteiger partial charge in [0.25, 0.3) is 0 Å². The van der Waals surface area contributed by atoms with Gasteiger partial charge in [-0.05, 0) is 44.0 Å². The molecule has 0 spiro atoms. The minimum Gasteiger partial charge on any atom is -0.463 e. The van der Waals surface area contributed by atoms with Crippen LogP contribution in [0.1, 0.15) is 26.3 Å². The molecule has 0 unspecified atom stereocenters. The predicted octanol–water partition coefficient (Wildman–Crippen LogP) is 3.18. The zero-order valence-electron chi connectivity index (χ0n) is 9.71. The van der Waals surface area contributed by atoms with E-state index in [4.69, 9.17) is 4.74 Å². The Kier molecular flexibility index (Phi) is 4.23. The summed E-state index contributed by atoms with van der Waals surface area (Å²) >= 11 is 0. The summed E-state index contributed by atoms with van der Waals surface area (Å²) in [6.45, 7) is 5.64. The van der Waals surface area contributed by atoms with E-state index < -0.39 is 0 Å². The van der Waals surface area contributed by atoms with Gasteiger partial charge in [0.2, 0.25) is 0 Å². The zero-order valence-corrected chi connectivity index (χ0v) is 9.71. The summed E-state index contributed by atoms with van der Waals surface area (Å²) in [6, 6.07) is 6.04. The molecule has 0 saturated heterocycles. The average molecular weight is 222 g/mol. The average Bonchev–Trinajstić information content (AvgIpc) is 2.28. The normalized spacial score (nSPS) is 12.0. The third-order valence-corrected chi connectivity index (χ3v) is 2.42. The summed E-state index contributed by atoms with van der Waals surface area (Å²) in [5.74, 6) is -0.616. The molecule has 1 aromatic carbocycles. The van der Waals surface area contributed by atoms with Gasteiger partial charge in [0, 0.05) is 5.57 Å². The van der Waals surface area contributed by atoms with Gasteiger partial charge in [-0.15, -0.1) is 0 Å². The Morgan fingerprint density at radius 1 is 1.25 bits per heavy atom. The summed E-state index contributed by atoms with van der Waals surface area (Å²) in [5, 5.41) is 0. The molecule has 0 aliphatic carbocycles. The standard InChI is InChI=1S/C13H15FO2/c1-4-16-13(15)10(3)9(2)11-5-7-12(14)8-6-11/h5-8H,4H2,1-3H3/b10-9+.